The van der Waals surface area contributed by atoms with E-state index in [9.17, 15) is 0 Å². The molecule has 0 saturated heterocycles. The van der Waals surface area contributed by atoms with Crippen LogP contribution in [0.25, 0.3) is 0 Å². The zero-order valence-corrected chi connectivity index (χ0v) is 12.1. The maximum absolute atomic E-state index is 5.88. The highest BCUT2D eigenvalue weighted by atomic mass is 79.9. The highest BCUT2D eigenvalue weighted by Gasteiger charge is 2.06. The molecule has 0 aromatic heterocycles. The molecule has 94 valence electrons. The van der Waals surface area contributed by atoms with Crippen molar-refractivity contribution in [3.63, 3.8) is 0 Å². The van der Waals surface area contributed by atoms with Crippen LogP contribution in [0.1, 0.15) is 5.56 Å². The van der Waals surface area contributed by atoms with Gasteiger partial charge < -0.3 is 9.64 Å². The summed E-state index contributed by atoms with van der Waals surface area (Å²) in [6.45, 7) is 0.587. The first kappa shape index (κ1) is 13.0. The van der Waals surface area contributed by atoms with Gasteiger partial charge in [-0.2, -0.15) is 0 Å². The highest BCUT2D eigenvalue weighted by molar-refractivity contribution is 9.10. The molecule has 0 spiro atoms. The van der Waals surface area contributed by atoms with Crippen molar-refractivity contribution in [3.8, 4) is 5.75 Å². The van der Waals surface area contributed by atoms with E-state index in [4.69, 9.17) is 4.74 Å². The highest BCUT2D eigenvalue weighted by Crippen LogP contribution is 2.30. The summed E-state index contributed by atoms with van der Waals surface area (Å²) in [6.07, 6.45) is 0. The summed E-state index contributed by atoms with van der Waals surface area (Å²) >= 11 is 3.48. The predicted molar refractivity (Wildman–Crippen MR) is 79.2 cm³/mol. The zero-order valence-electron chi connectivity index (χ0n) is 10.6. The van der Waals surface area contributed by atoms with Crippen LogP contribution in [0.2, 0.25) is 0 Å². The lowest BCUT2D eigenvalue weighted by Crippen LogP contribution is -2.10. The minimum atomic E-state index is 0.587. The van der Waals surface area contributed by atoms with Gasteiger partial charge in [-0.15, -0.1) is 0 Å². The number of ether oxygens (including phenoxy) is 1. The van der Waals surface area contributed by atoms with Crippen LogP contribution < -0.4 is 9.64 Å². The number of halogens is 1. The third kappa shape index (κ3) is 3.26. The Balaban J connectivity index is 2.14. The Labute approximate surface area is 116 Å². The monoisotopic (exact) mass is 305 g/mol. The number of rotatable bonds is 4. The Morgan fingerprint density at radius 2 is 1.78 bits per heavy atom. The third-order valence-electron chi connectivity index (χ3n) is 2.64. The van der Waals surface area contributed by atoms with Crippen LogP contribution in [0.15, 0.2) is 53.0 Å². The molecule has 0 radical (unpaired) electrons. The van der Waals surface area contributed by atoms with Gasteiger partial charge in [-0.25, -0.2) is 0 Å². The number of benzene rings is 2. The van der Waals surface area contributed by atoms with Crippen LogP contribution in [0.3, 0.4) is 0 Å². The standard InChI is InChI=1S/C15H16BrNO/c1-17(2)14-10-13(16)8-9-15(14)18-11-12-6-4-3-5-7-12/h3-10H,11H2,1-2H3. The molecule has 0 aliphatic heterocycles. The van der Waals surface area contributed by atoms with Crippen LogP contribution in [-0.2, 0) is 6.61 Å². The molecule has 2 rings (SSSR count). The number of hydrogen-bond donors (Lipinski definition) is 0. The fraction of sp³-hybridized carbons (Fsp3) is 0.200. The first-order chi connectivity index (χ1) is 8.66. The van der Waals surface area contributed by atoms with Gasteiger partial charge in [0.15, 0.2) is 0 Å². The largest absolute Gasteiger partial charge is 0.487 e. The Morgan fingerprint density at radius 1 is 1.06 bits per heavy atom. The summed E-state index contributed by atoms with van der Waals surface area (Å²) in [6, 6.07) is 16.2. The molecule has 0 aliphatic carbocycles. The molecular formula is C15H16BrNO. The summed E-state index contributed by atoms with van der Waals surface area (Å²) in [5, 5.41) is 0. The van der Waals surface area contributed by atoms with Crippen LogP contribution in [0.4, 0.5) is 5.69 Å². The Hall–Kier alpha value is -1.48. The molecule has 2 aromatic rings. The molecule has 2 aromatic carbocycles. The van der Waals surface area contributed by atoms with Gasteiger partial charge in [0.05, 0.1) is 5.69 Å². The molecule has 18 heavy (non-hydrogen) atoms. The lowest BCUT2D eigenvalue weighted by Gasteiger charge is -2.18. The van der Waals surface area contributed by atoms with E-state index >= 15 is 0 Å². The Bertz CT molecular complexity index is 511. The van der Waals surface area contributed by atoms with E-state index in [-0.39, 0.29) is 0 Å². The SMILES string of the molecule is CN(C)c1cc(Br)ccc1OCc1ccccc1. The molecule has 0 heterocycles. The number of nitrogens with zero attached hydrogens (tertiary/aromatic N) is 1. The van der Waals surface area contributed by atoms with Crippen LogP contribution in [-0.4, -0.2) is 14.1 Å². The summed E-state index contributed by atoms with van der Waals surface area (Å²) < 4.78 is 6.93. The van der Waals surface area contributed by atoms with Crippen LogP contribution in [0.5, 0.6) is 5.75 Å². The fourth-order valence-corrected chi connectivity index (χ4v) is 2.05. The van der Waals surface area contributed by atoms with Crippen molar-refractivity contribution < 1.29 is 4.74 Å². The van der Waals surface area contributed by atoms with E-state index in [1.807, 2.05) is 49.3 Å². The lowest BCUT2D eigenvalue weighted by molar-refractivity contribution is 0.307. The predicted octanol–water partition coefficient (Wildman–Crippen LogP) is 4.09. The van der Waals surface area contributed by atoms with Crippen molar-refractivity contribution in [3.05, 3.63) is 58.6 Å². The van der Waals surface area contributed by atoms with Gasteiger partial charge in [0.2, 0.25) is 0 Å². The molecular weight excluding hydrogens is 290 g/mol. The minimum absolute atomic E-state index is 0.587. The van der Waals surface area contributed by atoms with Gasteiger partial charge in [-0.05, 0) is 23.8 Å². The minimum Gasteiger partial charge on any atom is -0.487 e. The molecule has 0 saturated carbocycles. The third-order valence-corrected chi connectivity index (χ3v) is 3.13. The lowest BCUT2D eigenvalue weighted by atomic mass is 10.2. The molecule has 0 N–H and O–H groups in total. The number of hydrogen-bond acceptors (Lipinski definition) is 2. The summed E-state index contributed by atoms with van der Waals surface area (Å²) in [5.41, 5.74) is 2.24. The molecule has 0 unspecified atom stereocenters. The van der Waals surface area contributed by atoms with E-state index in [1.54, 1.807) is 0 Å². The average Bonchev–Trinajstić information content (AvgIpc) is 2.38. The van der Waals surface area contributed by atoms with Gasteiger partial charge in [-0.1, -0.05) is 46.3 Å². The molecule has 0 aliphatic rings. The van der Waals surface area contributed by atoms with E-state index in [0.29, 0.717) is 6.61 Å². The Kier molecular flexibility index (Phi) is 4.26. The molecule has 0 atom stereocenters. The van der Waals surface area contributed by atoms with E-state index in [2.05, 4.69) is 34.1 Å². The van der Waals surface area contributed by atoms with E-state index < -0.39 is 0 Å². The van der Waals surface area contributed by atoms with Gasteiger partial charge in [0.1, 0.15) is 12.4 Å². The topological polar surface area (TPSA) is 12.5 Å². The number of anilines is 1. The van der Waals surface area contributed by atoms with Crippen molar-refractivity contribution in [2.24, 2.45) is 0 Å². The fourth-order valence-electron chi connectivity index (χ4n) is 1.70. The van der Waals surface area contributed by atoms with Gasteiger partial charge in [0, 0.05) is 18.6 Å². The summed E-state index contributed by atoms with van der Waals surface area (Å²) in [4.78, 5) is 2.05. The average molecular weight is 306 g/mol. The van der Waals surface area contributed by atoms with E-state index in [0.717, 1.165) is 15.9 Å². The quantitative estimate of drug-likeness (QED) is 0.843. The maximum Gasteiger partial charge on any atom is 0.143 e. The second-order valence-corrected chi connectivity index (χ2v) is 5.20. The van der Waals surface area contributed by atoms with Crippen molar-refractivity contribution in [1.82, 2.24) is 0 Å². The van der Waals surface area contributed by atoms with Crippen molar-refractivity contribution >= 4 is 21.6 Å². The van der Waals surface area contributed by atoms with Crippen molar-refractivity contribution in [2.45, 2.75) is 6.61 Å². The molecule has 0 bridgehead atoms. The second kappa shape index (κ2) is 5.91. The van der Waals surface area contributed by atoms with Gasteiger partial charge in [-0.3, -0.25) is 0 Å². The summed E-state index contributed by atoms with van der Waals surface area (Å²) in [5.74, 6) is 0.895. The van der Waals surface area contributed by atoms with Crippen LogP contribution >= 0.6 is 15.9 Å². The molecule has 3 heteroatoms. The van der Waals surface area contributed by atoms with Crippen molar-refractivity contribution in [2.75, 3.05) is 19.0 Å². The van der Waals surface area contributed by atoms with Crippen molar-refractivity contribution in [1.29, 1.82) is 0 Å². The first-order valence-electron chi connectivity index (χ1n) is 5.80. The van der Waals surface area contributed by atoms with E-state index in [1.165, 1.54) is 5.56 Å². The maximum atomic E-state index is 5.88. The molecule has 2 nitrogen and oxygen atoms in total. The first-order valence-corrected chi connectivity index (χ1v) is 6.60. The zero-order chi connectivity index (χ0) is 13.0. The van der Waals surface area contributed by atoms with Gasteiger partial charge in [0.25, 0.3) is 0 Å². The molecule has 0 amide bonds. The Morgan fingerprint density at radius 3 is 2.44 bits per heavy atom. The van der Waals surface area contributed by atoms with Crippen LogP contribution in [0, 0.1) is 0 Å². The molecule has 0 fully saturated rings. The normalized spacial score (nSPS) is 10.2. The summed E-state index contributed by atoms with van der Waals surface area (Å²) in [7, 11) is 4.02. The van der Waals surface area contributed by atoms with Gasteiger partial charge >= 0.3 is 0 Å². The second-order valence-electron chi connectivity index (χ2n) is 4.28. The smallest absolute Gasteiger partial charge is 0.143 e.